The first-order chi connectivity index (χ1) is 14.6. The third-order valence-corrected chi connectivity index (χ3v) is 7.55. The molecule has 2 heterocycles. The lowest BCUT2D eigenvalue weighted by atomic mass is 9.95. The molecule has 0 spiro atoms. The Morgan fingerprint density at radius 2 is 2.03 bits per heavy atom. The predicted molar refractivity (Wildman–Crippen MR) is 119 cm³/mol. The van der Waals surface area contributed by atoms with Gasteiger partial charge in [-0.3, -0.25) is 4.79 Å². The summed E-state index contributed by atoms with van der Waals surface area (Å²) in [5.74, 6) is 1.34. The largest absolute Gasteiger partial charge is 0.462 e. The number of thioether (sulfide) groups is 1. The molecule has 2 aromatic heterocycles. The molecule has 30 heavy (non-hydrogen) atoms. The summed E-state index contributed by atoms with van der Waals surface area (Å²) in [6, 6.07) is 0. The molecule has 2 aromatic rings. The van der Waals surface area contributed by atoms with Crippen molar-refractivity contribution in [1.29, 1.82) is 0 Å². The molecule has 7 nitrogen and oxygen atoms in total. The Balaban J connectivity index is 1.46. The topological polar surface area (TPSA) is 86.1 Å². The van der Waals surface area contributed by atoms with E-state index in [-0.39, 0.29) is 17.6 Å². The van der Waals surface area contributed by atoms with Gasteiger partial charge in [0.25, 0.3) is 0 Å². The van der Waals surface area contributed by atoms with Crippen LogP contribution < -0.4 is 5.32 Å². The number of hydrogen-bond acceptors (Lipinski definition) is 7. The van der Waals surface area contributed by atoms with Crippen LogP contribution in [0.15, 0.2) is 5.16 Å². The molecule has 2 aliphatic carbocycles. The van der Waals surface area contributed by atoms with Crippen LogP contribution in [0.2, 0.25) is 0 Å². The predicted octanol–water partition coefficient (Wildman–Crippen LogP) is 4.41. The van der Waals surface area contributed by atoms with Gasteiger partial charge in [0.05, 0.1) is 17.9 Å². The minimum atomic E-state index is -0.336. The van der Waals surface area contributed by atoms with Crippen LogP contribution in [0.4, 0.5) is 5.00 Å². The number of carbonyl (C=O) groups is 2. The van der Waals surface area contributed by atoms with Crippen LogP contribution in [0.25, 0.3) is 0 Å². The van der Waals surface area contributed by atoms with E-state index in [1.807, 2.05) is 0 Å². The zero-order chi connectivity index (χ0) is 21.1. The van der Waals surface area contributed by atoms with E-state index in [9.17, 15) is 9.59 Å². The summed E-state index contributed by atoms with van der Waals surface area (Å²) in [4.78, 5) is 26.5. The molecular weight excluding hydrogens is 420 g/mol. The van der Waals surface area contributed by atoms with Crippen molar-refractivity contribution in [2.45, 2.75) is 76.4 Å². The second kappa shape index (κ2) is 9.51. The van der Waals surface area contributed by atoms with Gasteiger partial charge in [0.15, 0.2) is 5.16 Å². The number of carbonyl (C=O) groups excluding carboxylic acids is 2. The highest BCUT2D eigenvalue weighted by atomic mass is 32.2. The highest BCUT2D eigenvalue weighted by Crippen LogP contribution is 2.40. The van der Waals surface area contributed by atoms with E-state index in [0.717, 1.165) is 55.2 Å². The molecule has 0 aromatic carbocycles. The van der Waals surface area contributed by atoms with Crippen LogP contribution in [0.5, 0.6) is 0 Å². The maximum absolute atomic E-state index is 12.7. The highest BCUT2D eigenvalue weighted by Gasteiger charge is 2.31. The number of nitrogens with one attached hydrogen (secondary N) is 1. The molecule has 1 N–H and O–H groups in total. The van der Waals surface area contributed by atoms with Gasteiger partial charge in [0.1, 0.15) is 10.8 Å². The van der Waals surface area contributed by atoms with Crippen LogP contribution in [-0.2, 0) is 28.9 Å². The maximum Gasteiger partial charge on any atom is 0.341 e. The number of nitrogens with zero attached hydrogens (tertiary/aromatic N) is 3. The smallest absolute Gasteiger partial charge is 0.341 e. The zero-order valence-electron chi connectivity index (χ0n) is 17.5. The number of thiophene rings is 1. The van der Waals surface area contributed by atoms with Crippen LogP contribution in [0, 0.1) is 0 Å². The summed E-state index contributed by atoms with van der Waals surface area (Å²) in [5.41, 5.74) is 1.62. The second-order valence-electron chi connectivity index (χ2n) is 7.74. The van der Waals surface area contributed by atoms with Gasteiger partial charge in [-0.2, -0.15) is 0 Å². The van der Waals surface area contributed by atoms with Crippen LogP contribution >= 0.6 is 23.1 Å². The van der Waals surface area contributed by atoms with Crippen LogP contribution in [0.3, 0.4) is 0 Å². The van der Waals surface area contributed by atoms with E-state index in [4.69, 9.17) is 4.74 Å². The fourth-order valence-corrected chi connectivity index (χ4v) is 5.92. The summed E-state index contributed by atoms with van der Waals surface area (Å²) in [5, 5.41) is 13.1. The molecule has 1 amide bonds. The Labute approximate surface area is 185 Å². The van der Waals surface area contributed by atoms with Crippen molar-refractivity contribution in [1.82, 2.24) is 14.8 Å². The Morgan fingerprint density at radius 1 is 1.23 bits per heavy atom. The molecule has 0 atom stereocenters. The Bertz CT molecular complexity index is 933. The average molecular weight is 449 g/mol. The Morgan fingerprint density at radius 3 is 2.77 bits per heavy atom. The Hall–Kier alpha value is -1.87. The molecule has 0 bridgehead atoms. The van der Waals surface area contributed by atoms with Gasteiger partial charge < -0.3 is 14.6 Å². The molecule has 1 saturated carbocycles. The molecule has 0 saturated heterocycles. The molecule has 2 aliphatic rings. The van der Waals surface area contributed by atoms with Crippen molar-refractivity contribution in [3.8, 4) is 0 Å². The number of amides is 1. The van der Waals surface area contributed by atoms with E-state index in [1.54, 1.807) is 6.92 Å². The SMILES string of the molecule is CCCn1c(SCC(=O)Nc2sc3c(c2C(=O)OCC)CCCC3)nnc1C1CC1. The molecule has 0 aliphatic heterocycles. The number of ether oxygens (including phenoxy) is 1. The van der Waals surface area contributed by atoms with E-state index in [2.05, 4.69) is 27.0 Å². The summed E-state index contributed by atoms with van der Waals surface area (Å²) in [6.07, 6.45) is 7.36. The lowest BCUT2D eigenvalue weighted by molar-refractivity contribution is -0.113. The molecule has 4 rings (SSSR count). The summed E-state index contributed by atoms with van der Waals surface area (Å²) >= 11 is 2.92. The van der Waals surface area contributed by atoms with Crippen molar-refractivity contribution in [2.24, 2.45) is 0 Å². The quantitative estimate of drug-likeness (QED) is 0.452. The second-order valence-corrected chi connectivity index (χ2v) is 9.79. The maximum atomic E-state index is 12.7. The normalized spacial score (nSPS) is 15.7. The van der Waals surface area contributed by atoms with E-state index < -0.39 is 0 Å². The van der Waals surface area contributed by atoms with Crippen LogP contribution in [0.1, 0.15) is 78.5 Å². The number of anilines is 1. The molecular formula is C21H28N4O3S2. The van der Waals surface area contributed by atoms with Crippen LogP contribution in [-0.4, -0.2) is 39.0 Å². The summed E-state index contributed by atoms with van der Waals surface area (Å²) in [6.45, 7) is 5.12. The third-order valence-electron chi connectivity index (χ3n) is 5.37. The first-order valence-corrected chi connectivity index (χ1v) is 12.6. The molecule has 1 fully saturated rings. The van der Waals surface area contributed by atoms with Gasteiger partial charge in [-0.05, 0) is 57.4 Å². The highest BCUT2D eigenvalue weighted by molar-refractivity contribution is 7.99. The number of aryl methyl sites for hydroxylation is 1. The van der Waals surface area contributed by atoms with Gasteiger partial charge in [-0.1, -0.05) is 18.7 Å². The number of rotatable bonds is 9. The standard InChI is InChI=1S/C21H28N4O3S2/c1-3-11-25-18(13-9-10-13)23-24-21(25)29-12-16(26)22-19-17(20(27)28-4-2)14-7-5-6-8-15(14)30-19/h13H,3-12H2,1-2H3,(H,22,26). The zero-order valence-corrected chi connectivity index (χ0v) is 19.2. The van der Waals surface area contributed by atoms with Crippen molar-refractivity contribution in [3.63, 3.8) is 0 Å². The van der Waals surface area contributed by atoms with E-state index >= 15 is 0 Å². The molecule has 9 heteroatoms. The fourth-order valence-electron chi connectivity index (χ4n) is 3.85. The third kappa shape index (κ3) is 4.56. The lowest BCUT2D eigenvalue weighted by Gasteiger charge is -2.12. The van der Waals surface area contributed by atoms with Crippen molar-refractivity contribution in [3.05, 3.63) is 21.8 Å². The minimum Gasteiger partial charge on any atom is -0.462 e. The fraction of sp³-hybridized carbons (Fsp3) is 0.619. The summed E-state index contributed by atoms with van der Waals surface area (Å²) < 4.78 is 7.42. The first kappa shape index (κ1) is 21.4. The van der Waals surface area contributed by atoms with Crippen molar-refractivity contribution >= 4 is 40.0 Å². The van der Waals surface area contributed by atoms with Gasteiger partial charge in [-0.15, -0.1) is 21.5 Å². The van der Waals surface area contributed by atoms with Crippen molar-refractivity contribution in [2.75, 3.05) is 17.7 Å². The average Bonchev–Trinajstić information content (AvgIpc) is 3.39. The first-order valence-electron chi connectivity index (χ1n) is 10.8. The van der Waals surface area contributed by atoms with E-state index in [0.29, 0.717) is 23.1 Å². The lowest BCUT2D eigenvalue weighted by Crippen LogP contribution is -2.17. The molecule has 0 radical (unpaired) electrons. The monoisotopic (exact) mass is 448 g/mol. The number of fused-ring (bicyclic) bond motifs is 1. The van der Waals surface area contributed by atoms with Gasteiger partial charge in [-0.25, -0.2) is 4.79 Å². The van der Waals surface area contributed by atoms with Gasteiger partial charge >= 0.3 is 5.97 Å². The van der Waals surface area contributed by atoms with E-state index in [1.165, 1.54) is 40.8 Å². The number of esters is 1. The Kier molecular flexibility index (Phi) is 6.77. The molecule has 0 unspecified atom stereocenters. The minimum absolute atomic E-state index is 0.136. The number of hydrogen-bond donors (Lipinski definition) is 1. The van der Waals surface area contributed by atoms with Crippen molar-refractivity contribution < 1.29 is 14.3 Å². The molecule has 162 valence electrons. The van der Waals surface area contributed by atoms with Gasteiger partial charge in [0, 0.05) is 17.3 Å². The van der Waals surface area contributed by atoms with Gasteiger partial charge in [0.2, 0.25) is 5.91 Å². The number of aromatic nitrogens is 3. The summed E-state index contributed by atoms with van der Waals surface area (Å²) in [7, 11) is 0.